The highest BCUT2D eigenvalue weighted by Crippen LogP contribution is 2.20. The van der Waals surface area contributed by atoms with Crippen LogP contribution in [0.5, 0.6) is 0 Å². The molecular weight excluding hydrogens is 148 g/mol. The summed E-state index contributed by atoms with van der Waals surface area (Å²) in [6.45, 7) is 5.65. The summed E-state index contributed by atoms with van der Waals surface area (Å²) >= 11 is 0. The van der Waals surface area contributed by atoms with Gasteiger partial charge < -0.3 is 10.6 Å². The van der Waals surface area contributed by atoms with Gasteiger partial charge in [0.2, 0.25) is 0 Å². The summed E-state index contributed by atoms with van der Waals surface area (Å²) < 4.78 is 0. The molecule has 1 atom stereocenters. The second-order valence-electron chi connectivity index (χ2n) is 3.76. The van der Waals surface area contributed by atoms with Crippen LogP contribution in [0.3, 0.4) is 0 Å². The van der Waals surface area contributed by atoms with E-state index < -0.39 is 0 Å². The molecule has 0 bridgehead atoms. The molecule has 0 aromatic heterocycles. The molecule has 0 aliphatic carbocycles. The smallest absolute Gasteiger partial charge is 0.00956 e. The van der Waals surface area contributed by atoms with Crippen LogP contribution in [-0.2, 0) is 0 Å². The molecule has 1 fully saturated rings. The highest BCUT2D eigenvalue weighted by molar-refractivity contribution is 4.78. The van der Waals surface area contributed by atoms with Crippen molar-refractivity contribution in [3.8, 4) is 0 Å². The number of nitrogens with zero attached hydrogens (tertiary/aromatic N) is 1. The maximum atomic E-state index is 5.50. The Labute approximate surface area is 76.1 Å². The third kappa shape index (κ3) is 2.76. The number of rotatable bonds is 5. The fraction of sp³-hybridized carbons (Fsp3) is 1.00. The number of likely N-dealkylation sites (tertiary alicyclic amines) is 1. The van der Waals surface area contributed by atoms with E-state index in [1.807, 2.05) is 0 Å². The lowest BCUT2D eigenvalue weighted by molar-refractivity contribution is 0.240. The van der Waals surface area contributed by atoms with Crippen LogP contribution >= 0.6 is 0 Å². The first-order chi connectivity index (χ1) is 5.88. The van der Waals surface area contributed by atoms with Gasteiger partial charge in [-0.15, -0.1) is 0 Å². The molecule has 0 aromatic rings. The van der Waals surface area contributed by atoms with Crippen molar-refractivity contribution >= 4 is 0 Å². The summed E-state index contributed by atoms with van der Waals surface area (Å²) in [5.74, 6) is 0. The average molecular weight is 170 g/mol. The standard InChI is InChI=1S/C10H22N2/c1-2-5-10-6-3-8-12(10)9-4-7-11/h10H,2-9,11H2,1H3. The molecule has 72 valence electrons. The molecule has 1 heterocycles. The molecule has 0 spiro atoms. The molecule has 2 nitrogen and oxygen atoms in total. The molecule has 1 unspecified atom stereocenters. The van der Waals surface area contributed by atoms with Crippen molar-refractivity contribution in [2.24, 2.45) is 5.73 Å². The van der Waals surface area contributed by atoms with E-state index in [9.17, 15) is 0 Å². The van der Waals surface area contributed by atoms with Gasteiger partial charge in [-0.05, 0) is 45.3 Å². The third-order valence-electron chi connectivity index (χ3n) is 2.77. The summed E-state index contributed by atoms with van der Waals surface area (Å²) in [7, 11) is 0. The van der Waals surface area contributed by atoms with Crippen LogP contribution in [0.15, 0.2) is 0 Å². The predicted molar refractivity (Wildman–Crippen MR) is 53.2 cm³/mol. The van der Waals surface area contributed by atoms with Crippen molar-refractivity contribution in [3.05, 3.63) is 0 Å². The van der Waals surface area contributed by atoms with Gasteiger partial charge in [0, 0.05) is 6.04 Å². The molecule has 1 aliphatic rings. The second-order valence-corrected chi connectivity index (χ2v) is 3.76. The molecule has 1 aliphatic heterocycles. The fourth-order valence-electron chi connectivity index (χ4n) is 2.14. The first-order valence-corrected chi connectivity index (χ1v) is 5.32. The monoisotopic (exact) mass is 170 g/mol. The van der Waals surface area contributed by atoms with Crippen LogP contribution in [0.25, 0.3) is 0 Å². The zero-order chi connectivity index (χ0) is 8.81. The quantitative estimate of drug-likeness (QED) is 0.679. The van der Waals surface area contributed by atoms with Crippen molar-refractivity contribution < 1.29 is 0 Å². The summed E-state index contributed by atoms with van der Waals surface area (Å²) in [4.78, 5) is 2.62. The maximum absolute atomic E-state index is 5.50. The van der Waals surface area contributed by atoms with Gasteiger partial charge in [-0.3, -0.25) is 0 Å². The molecular formula is C10H22N2. The Kier molecular flexibility index (Phi) is 4.62. The fourth-order valence-corrected chi connectivity index (χ4v) is 2.14. The zero-order valence-corrected chi connectivity index (χ0v) is 8.26. The summed E-state index contributed by atoms with van der Waals surface area (Å²) in [6, 6.07) is 0.876. The molecule has 0 aromatic carbocycles. The van der Waals surface area contributed by atoms with Gasteiger partial charge in [-0.1, -0.05) is 13.3 Å². The maximum Gasteiger partial charge on any atom is 0.00956 e. The first-order valence-electron chi connectivity index (χ1n) is 5.32. The number of nitrogens with two attached hydrogens (primary N) is 1. The molecule has 2 heteroatoms. The van der Waals surface area contributed by atoms with Crippen LogP contribution in [0.4, 0.5) is 0 Å². The minimum atomic E-state index is 0.843. The Morgan fingerprint density at radius 2 is 2.33 bits per heavy atom. The van der Waals surface area contributed by atoms with Gasteiger partial charge in [-0.25, -0.2) is 0 Å². The van der Waals surface area contributed by atoms with Crippen molar-refractivity contribution in [1.29, 1.82) is 0 Å². The Morgan fingerprint density at radius 3 is 3.00 bits per heavy atom. The van der Waals surface area contributed by atoms with Crippen LogP contribution in [-0.4, -0.2) is 30.6 Å². The lowest BCUT2D eigenvalue weighted by atomic mass is 10.1. The van der Waals surface area contributed by atoms with E-state index >= 15 is 0 Å². The van der Waals surface area contributed by atoms with E-state index in [1.165, 1.54) is 45.2 Å². The Bertz CT molecular complexity index is 114. The molecule has 0 radical (unpaired) electrons. The lowest BCUT2D eigenvalue weighted by Crippen LogP contribution is -2.31. The van der Waals surface area contributed by atoms with Crippen LogP contribution in [0.1, 0.15) is 39.0 Å². The van der Waals surface area contributed by atoms with E-state index in [1.54, 1.807) is 0 Å². The Balaban J connectivity index is 2.20. The van der Waals surface area contributed by atoms with Crippen molar-refractivity contribution in [1.82, 2.24) is 4.90 Å². The predicted octanol–water partition coefficient (Wildman–Crippen LogP) is 1.60. The Morgan fingerprint density at radius 1 is 1.50 bits per heavy atom. The first kappa shape index (κ1) is 10.0. The minimum Gasteiger partial charge on any atom is -0.330 e. The van der Waals surface area contributed by atoms with Crippen LogP contribution in [0.2, 0.25) is 0 Å². The summed E-state index contributed by atoms with van der Waals surface area (Å²) in [5, 5.41) is 0. The molecule has 0 amide bonds. The van der Waals surface area contributed by atoms with Gasteiger partial charge in [-0.2, -0.15) is 0 Å². The third-order valence-corrected chi connectivity index (χ3v) is 2.77. The lowest BCUT2D eigenvalue weighted by Gasteiger charge is -2.23. The van der Waals surface area contributed by atoms with E-state index in [4.69, 9.17) is 5.73 Å². The normalized spacial score (nSPS) is 25.0. The van der Waals surface area contributed by atoms with Crippen molar-refractivity contribution in [3.63, 3.8) is 0 Å². The van der Waals surface area contributed by atoms with Gasteiger partial charge in [0.15, 0.2) is 0 Å². The van der Waals surface area contributed by atoms with E-state index in [0.29, 0.717) is 0 Å². The minimum absolute atomic E-state index is 0.843. The Hall–Kier alpha value is -0.0800. The molecule has 2 N–H and O–H groups in total. The average Bonchev–Trinajstić information content (AvgIpc) is 2.50. The summed E-state index contributed by atoms with van der Waals surface area (Å²) in [5.41, 5.74) is 5.50. The van der Waals surface area contributed by atoms with Gasteiger partial charge >= 0.3 is 0 Å². The topological polar surface area (TPSA) is 29.3 Å². The largest absolute Gasteiger partial charge is 0.330 e. The molecule has 1 saturated heterocycles. The molecule has 0 saturated carbocycles. The van der Waals surface area contributed by atoms with Crippen LogP contribution < -0.4 is 5.73 Å². The van der Waals surface area contributed by atoms with Crippen molar-refractivity contribution in [2.45, 2.75) is 45.1 Å². The van der Waals surface area contributed by atoms with E-state index in [0.717, 1.165) is 12.6 Å². The van der Waals surface area contributed by atoms with Gasteiger partial charge in [0.1, 0.15) is 0 Å². The highest BCUT2D eigenvalue weighted by atomic mass is 15.2. The molecule has 1 rings (SSSR count). The van der Waals surface area contributed by atoms with Gasteiger partial charge in [0.25, 0.3) is 0 Å². The summed E-state index contributed by atoms with van der Waals surface area (Å²) in [6.07, 6.45) is 6.68. The van der Waals surface area contributed by atoms with E-state index in [2.05, 4.69) is 11.8 Å². The van der Waals surface area contributed by atoms with Crippen molar-refractivity contribution in [2.75, 3.05) is 19.6 Å². The zero-order valence-electron chi connectivity index (χ0n) is 8.26. The van der Waals surface area contributed by atoms with Crippen LogP contribution in [0, 0.1) is 0 Å². The van der Waals surface area contributed by atoms with Gasteiger partial charge in [0.05, 0.1) is 0 Å². The highest BCUT2D eigenvalue weighted by Gasteiger charge is 2.22. The number of hydrogen-bond acceptors (Lipinski definition) is 2. The second kappa shape index (κ2) is 5.55. The van der Waals surface area contributed by atoms with E-state index in [-0.39, 0.29) is 0 Å². The molecule has 12 heavy (non-hydrogen) atoms. The SMILES string of the molecule is CCCC1CCCN1CCCN. The number of hydrogen-bond donors (Lipinski definition) is 1.